The van der Waals surface area contributed by atoms with Gasteiger partial charge in [0.1, 0.15) is 11.6 Å². The smallest absolute Gasteiger partial charge is 0.349 e. The molecule has 0 aliphatic heterocycles. The molecule has 0 heterocycles. The van der Waals surface area contributed by atoms with E-state index in [-0.39, 0.29) is 16.9 Å². The van der Waals surface area contributed by atoms with Crippen molar-refractivity contribution in [2.45, 2.75) is 0 Å². The first kappa shape index (κ1) is 19.8. The molecular weight excluding hydrogens is 418 g/mol. The molecule has 0 aliphatic rings. The number of esters is 1. The fourth-order valence-electron chi connectivity index (χ4n) is 1.97. The largest absolute Gasteiger partial charge is 0.451 e. The van der Waals surface area contributed by atoms with Gasteiger partial charge in [0.2, 0.25) is 0 Å². The van der Waals surface area contributed by atoms with E-state index < -0.39 is 23.4 Å². The normalized spacial score (nSPS) is 10.6. The van der Waals surface area contributed by atoms with E-state index in [1.165, 1.54) is 24.3 Å². The summed E-state index contributed by atoms with van der Waals surface area (Å²) in [5.74, 6) is -1.59. The summed E-state index contributed by atoms with van der Waals surface area (Å²) in [4.78, 5) is 34.0. The van der Waals surface area contributed by atoms with Gasteiger partial charge in [-0.3, -0.25) is 14.9 Å². The molecule has 2 aromatic carbocycles. The number of carbonyl (C=O) groups excluding carboxylic acids is 2. The number of amides is 1. The lowest BCUT2D eigenvalue weighted by molar-refractivity contribution is -0.384. The molecule has 2 rings (SSSR count). The summed E-state index contributed by atoms with van der Waals surface area (Å²) in [5.41, 5.74) is 0.536. The Morgan fingerprint density at radius 1 is 1.26 bits per heavy atom. The highest BCUT2D eigenvalue weighted by Gasteiger charge is 2.15. The number of nitrogens with one attached hydrogen (secondary N) is 1. The zero-order valence-corrected chi connectivity index (χ0v) is 15.3. The monoisotopic (exact) mass is 429 g/mol. The predicted octanol–water partition coefficient (Wildman–Crippen LogP) is 3.45. The van der Waals surface area contributed by atoms with E-state index in [2.05, 4.69) is 21.2 Å². The van der Waals surface area contributed by atoms with Gasteiger partial charge in [0.05, 0.1) is 10.6 Å². The summed E-state index contributed by atoms with van der Waals surface area (Å²) in [6.45, 7) is -0.615. The van der Waals surface area contributed by atoms with E-state index in [1.807, 2.05) is 0 Å². The highest BCUT2D eigenvalue weighted by atomic mass is 79.9. The number of ether oxygens (including phenoxy) is 1. The van der Waals surface area contributed by atoms with E-state index in [0.717, 1.165) is 0 Å². The number of hydrogen-bond acceptors (Lipinski definition) is 6. The van der Waals surface area contributed by atoms with Crippen molar-refractivity contribution in [3.05, 3.63) is 74.3 Å². The molecule has 0 radical (unpaired) electrons. The summed E-state index contributed by atoms with van der Waals surface area (Å²) < 4.78 is 5.14. The molecule has 8 nitrogen and oxygen atoms in total. The van der Waals surface area contributed by atoms with Crippen LogP contribution in [0, 0.1) is 21.4 Å². The van der Waals surface area contributed by atoms with Crippen LogP contribution in [0.2, 0.25) is 0 Å². The van der Waals surface area contributed by atoms with Gasteiger partial charge in [-0.15, -0.1) is 0 Å². The fourth-order valence-corrected chi connectivity index (χ4v) is 2.43. The Bertz CT molecular complexity index is 951. The molecular formula is C18H12BrN3O5. The lowest BCUT2D eigenvalue weighted by Gasteiger charge is -2.08. The number of carbonyl (C=O) groups is 2. The number of halogens is 1. The van der Waals surface area contributed by atoms with Gasteiger partial charge in [0, 0.05) is 16.6 Å². The summed E-state index contributed by atoms with van der Waals surface area (Å²) in [6.07, 6.45) is 1.35. The molecule has 1 amide bonds. The molecule has 0 atom stereocenters. The Morgan fingerprint density at radius 3 is 2.56 bits per heavy atom. The number of rotatable bonds is 6. The first-order chi connectivity index (χ1) is 12.9. The van der Waals surface area contributed by atoms with Crippen LogP contribution in [0.25, 0.3) is 6.08 Å². The third-order valence-corrected chi connectivity index (χ3v) is 3.88. The Morgan fingerprint density at radius 2 is 1.96 bits per heavy atom. The van der Waals surface area contributed by atoms with Crippen molar-refractivity contribution in [1.82, 2.24) is 0 Å². The maximum absolute atomic E-state index is 11.9. The fraction of sp³-hybridized carbons (Fsp3) is 0.0556. The molecule has 2 aromatic rings. The Labute approximate surface area is 162 Å². The molecule has 27 heavy (non-hydrogen) atoms. The quantitative estimate of drug-likeness (QED) is 0.246. The lowest BCUT2D eigenvalue weighted by atomic mass is 10.1. The Balaban J connectivity index is 1.97. The topological polar surface area (TPSA) is 122 Å². The summed E-state index contributed by atoms with van der Waals surface area (Å²) >= 11 is 3.12. The first-order valence-electron chi connectivity index (χ1n) is 7.48. The minimum absolute atomic E-state index is 0.143. The number of hydrogen-bond donors (Lipinski definition) is 1. The van der Waals surface area contributed by atoms with E-state index in [4.69, 9.17) is 10.00 Å². The maximum Gasteiger partial charge on any atom is 0.349 e. The zero-order valence-electron chi connectivity index (χ0n) is 13.7. The van der Waals surface area contributed by atoms with Gasteiger partial charge in [-0.25, -0.2) is 4.79 Å². The van der Waals surface area contributed by atoms with Crippen molar-refractivity contribution in [2.24, 2.45) is 0 Å². The number of benzene rings is 2. The average molecular weight is 430 g/mol. The van der Waals surface area contributed by atoms with Crippen LogP contribution < -0.4 is 5.32 Å². The van der Waals surface area contributed by atoms with Crippen LogP contribution in [0.1, 0.15) is 5.56 Å². The third-order valence-electron chi connectivity index (χ3n) is 3.22. The van der Waals surface area contributed by atoms with E-state index in [1.54, 1.807) is 36.4 Å². The number of nitro groups is 1. The molecule has 0 saturated carbocycles. The van der Waals surface area contributed by atoms with Crippen molar-refractivity contribution >= 4 is 45.3 Å². The van der Waals surface area contributed by atoms with Crippen LogP contribution in [0.5, 0.6) is 0 Å². The lowest BCUT2D eigenvalue weighted by Crippen LogP contribution is -2.21. The zero-order chi connectivity index (χ0) is 19.8. The highest BCUT2D eigenvalue weighted by Crippen LogP contribution is 2.27. The number of non-ortho nitro benzene ring substituents is 1. The van der Waals surface area contributed by atoms with Gasteiger partial charge >= 0.3 is 5.97 Å². The second-order valence-electron chi connectivity index (χ2n) is 5.13. The SMILES string of the molecule is N#CC(=Cc1ccccc1)C(=O)OCC(=O)Nc1ccc([N+](=O)[O-])cc1Br. The predicted molar refractivity (Wildman–Crippen MR) is 100 cm³/mol. The van der Waals surface area contributed by atoms with Crippen molar-refractivity contribution in [1.29, 1.82) is 5.26 Å². The Kier molecular flexibility index (Phi) is 6.79. The maximum atomic E-state index is 11.9. The molecule has 0 bridgehead atoms. The Hall–Kier alpha value is -3.51. The van der Waals surface area contributed by atoms with Crippen molar-refractivity contribution in [3.63, 3.8) is 0 Å². The molecule has 0 unspecified atom stereocenters. The molecule has 136 valence electrons. The van der Waals surface area contributed by atoms with E-state index in [9.17, 15) is 19.7 Å². The van der Waals surface area contributed by atoms with Gasteiger partial charge < -0.3 is 10.1 Å². The van der Waals surface area contributed by atoms with Gasteiger partial charge in [-0.05, 0) is 33.6 Å². The second kappa shape index (κ2) is 9.26. The molecule has 0 aliphatic carbocycles. The number of nitro benzene ring substituents is 1. The van der Waals surface area contributed by atoms with E-state index >= 15 is 0 Å². The minimum Gasteiger partial charge on any atom is -0.451 e. The van der Waals surface area contributed by atoms with Crippen LogP contribution in [0.3, 0.4) is 0 Å². The van der Waals surface area contributed by atoms with Crippen LogP contribution in [0.15, 0.2) is 58.6 Å². The molecule has 0 spiro atoms. The van der Waals surface area contributed by atoms with Gasteiger partial charge in [0.25, 0.3) is 11.6 Å². The van der Waals surface area contributed by atoms with Crippen LogP contribution in [0.4, 0.5) is 11.4 Å². The molecule has 0 fully saturated rings. The summed E-state index contributed by atoms with van der Waals surface area (Å²) in [7, 11) is 0. The third kappa shape index (κ3) is 5.76. The second-order valence-corrected chi connectivity index (χ2v) is 5.98. The van der Waals surface area contributed by atoms with Gasteiger partial charge in [-0.2, -0.15) is 5.26 Å². The summed E-state index contributed by atoms with van der Waals surface area (Å²) in [6, 6.07) is 14.3. The molecule has 9 heteroatoms. The number of anilines is 1. The summed E-state index contributed by atoms with van der Waals surface area (Å²) in [5, 5.41) is 22.2. The van der Waals surface area contributed by atoms with E-state index in [0.29, 0.717) is 10.0 Å². The van der Waals surface area contributed by atoms with Crippen LogP contribution in [-0.4, -0.2) is 23.4 Å². The minimum atomic E-state index is -0.931. The van der Waals surface area contributed by atoms with Crippen LogP contribution >= 0.6 is 15.9 Å². The van der Waals surface area contributed by atoms with Gasteiger partial charge in [0.15, 0.2) is 6.61 Å². The molecule has 0 saturated heterocycles. The van der Waals surface area contributed by atoms with Crippen molar-refractivity contribution < 1.29 is 19.2 Å². The molecule has 0 aromatic heterocycles. The molecule has 1 N–H and O–H groups in total. The van der Waals surface area contributed by atoms with Crippen molar-refractivity contribution in [2.75, 3.05) is 11.9 Å². The standard InChI is InChI=1S/C18H12BrN3O5/c19-15-9-14(22(25)26)6-7-16(15)21-17(23)11-27-18(24)13(10-20)8-12-4-2-1-3-5-12/h1-9H,11H2,(H,21,23). The average Bonchev–Trinajstić information content (AvgIpc) is 2.66. The van der Waals surface area contributed by atoms with Gasteiger partial charge in [-0.1, -0.05) is 30.3 Å². The number of nitrogens with zero attached hydrogens (tertiary/aromatic N) is 2. The van der Waals surface area contributed by atoms with Crippen LogP contribution in [-0.2, 0) is 14.3 Å². The first-order valence-corrected chi connectivity index (χ1v) is 8.28. The van der Waals surface area contributed by atoms with Crippen molar-refractivity contribution in [3.8, 4) is 6.07 Å². The highest BCUT2D eigenvalue weighted by molar-refractivity contribution is 9.10. The number of nitriles is 1.